The van der Waals surface area contributed by atoms with Crippen molar-refractivity contribution in [1.29, 1.82) is 0 Å². The minimum atomic E-state index is -1.38. The first-order valence-electron chi connectivity index (χ1n) is 5.95. The molecule has 1 aromatic rings. The highest BCUT2D eigenvalue weighted by Crippen LogP contribution is 2.26. The van der Waals surface area contributed by atoms with E-state index >= 15 is 0 Å². The molecule has 110 valence electrons. The second-order valence-electron chi connectivity index (χ2n) is 4.16. The molecule has 2 atom stereocenters. The van der Waals surface area contributed by atoms with E-state index in [0.29, 0.717) is 13.0 Å². The van der Waals surface area contributed by atoms with Gasteiger partial charge in [-0.1, -0.05) is 18.5 Å². The van der Waals surface area contributed by atoms with Crippen molar-refractivity contribution in [3.05, 3.63) is 28.8 Å². The Kier molecular flexibility index (Phi) is 5.84. The zero-order chi connectivity index (χ0) is 15.3. The number of aromatic nitrogens is 1. The number of pyridine rings is 1. The summed E-state index contributed by atoms with van der Waals surface area (Å²) >= 11 is 5.55. The summed E-state index contributed by atoms with van der Waals surface area (Å²) in [6.07, 6.45) is 1.84. The number of rotatable bonds is 7. The largest absolute Gasteiger partial charge is 0.480 e. The van der Waals surface area contributed by atoms with Crippen LogP contribution in [0.2, 0.25) is 5.15 Å². The number of hydrogen-bond donors (Lipinski definition) is 3. The fourth-order valence-corrected chi connectivity index (χ4v) is 1.98. The smallest absolute Gasteiger partial charge is 0.321 e. The van der Waals surface area contributed by atoms with Crippen LogP contribution in [0.25, 0.3) is 0 Å². The van der Waals surface area contributed by atoms with Gasteiger partial charge in [0.05, 0.1) is 5.92 Å². The predicted molar refractivity (Wildman–Crippen MR) is 70.9 cm³/mol. The van der Waals surface area contributed by atoms with Crippen LogP contribution in [0, 0.1) is 5.82 Å². The van der Waals surface area contributed by atoms with Gasteiger partial charge in [0.2, 0.25) is 5.91 Å². The van der Waals surface area contributed by atoms with Gasteiger partial charge in [-0.3, -0.25) is 9.59 Å². The van der Waals surface area contributed by atoms with Gasteiger partial charge < -0.3 is 16.2 Å². The van der Waals surface area contributed by atoms with E-state index in [4.69, 9.17) is 17.3 Å². The van der Waals surface area contributed by atoms with Gasteiger partial charge in [0, 0.05) is 11.8 Å². The van der Waals surface area contributed by atoms with Gasteiger partial charge >= 0.3 is 5.97 Å². The Bertz CT molecular complexity index is 513. The number of carboxylic acid groups (broad SMARTS) is 1. The number of nitrogens with one attached hydrogen (secondary N) is 1. The number of carboxylic acids is 1. The van der Waals surface area contributed by atoms with Crippen molar-refractivity contribution in [2.45, 2.75) is 25.3 Å². The average Bonchev–Trinajstić information content (AvgIpc) is 2.37. The summed E-state index contributed by atoms with van der Waals surface area (Å²) in [5.74, 6) is -4.57. The molecule has 1 rings (SSSR count). The van der Waals surface area contributed by atoms with Gasteiger partial charge in [0.1, 0.15) is 6.04 Å². The molecule has 0 aliphatic rings. The van der Waals surface area contributed by atoms with Crippen molar-refractivity contribution in [1.82, 2.24) is 10.3 Å². The molecule has 0 saturated carbocycles. The maximum absolute atomic E-state index is 13.9. The molecule has 20 heavy (non-hydrogen) atoms. The van der Waals surface area contributed by atoms with Crippen LogP contribution in [-0.4, -0.2) is 34.6 Å². The zero-order valence-electron chi connectivity index (χ0n) is 10.8. The number of primary amides is 1. The maximum Gasteiger partial charge on any atom is 0.321 e. The molecule has 0 spiro atoms. The Labute approximate surface area is 120 Å². The van der Waals surface area contributed by atoms with Gasteiger partial charge in [-0.25, -0.2) is 9.37 Å². The monoisotopic (exact) mass is 303 g/mol. The van der Waals surface area contributed by atoms with E-state index in [1.807, 2.05) is 6.92 Å². The second-order valence-corrected chi connectivity index (χ2v) is 4.51. The number of halogens is 2. The van der Waals surface area contributed by atoms with Crippen LogP contribution in [0.3, 0.4) is 0 Å². The summed E-state index contributed by atoms with van der Waals surface area (Å²) in [6.45, 7) is 2.18. The van der Waals surface area contributed by atoms with Crippen LogP contribution in [0.5, 0.6) is 0 Å². The van der Waals surface area contributed by atoms with E-state index in [9.17, 15) is 19.1 Å². The Hall–Kier alpha value is -1.73. The van der Waals surface area contributed by atoms with Crippen LogP contribution < -0.4 is 11.1 Å². The first-order valence-corrected chi connectivity index (χ1v) is 6.33. The first kappa shape index (κ1) is 16.3. The summed E-state index contributed by atoms with van der Waals surface area (Å²) in [6, 6.07) is -0.138. The topological polar surface area (TPSA) is 105 Å². The van der Waals surface area contributed by atoms with Gasteiger partial charge in [-0.2, -0.15) is 0 Å². The van der Waals surface area contributed by atoms with Crippen LogP contribution in [-0.2, 0) is 9.59 Å². The summed E-state index contributed by atoms with van der Waals surface area (Å²) in [5.41, 5.74) is 5.04. The highest BCUT2D eigenvalue weighted by atomic mass is 35.5. The highest BCUT2D eigenvalue weighted by molar-refractivity contribution is 6.29. The Balaban J connectivity index is 3.24. The molecule has 0 saturated heterocycles. The number of amides is 1. The zero-order valence-corrected chi connectivity index (χ0v) is 11.5. The SMILES string of the molecule is CCCN[C@@H](C(=O)O)[C@@H](C(N)=O)c1ccnc(Cl)c1F. The van der Waals surface area contributed by atoms with E-state index in [1.54, 1.807) is 0 Å². The van der Waals surface area contributed by atoms with E-state index in [1.165, 1.54) is 12.3 Å². The lowest BCUT2D eigenvalue weighted by Gasteiger charge is -2.23. The molecule has 0 aliphatic carbocycles. The lowest BCUT2D eigenvalue weighted by atomic mass is 9.91. The minimum Gasteiger partial charge on any atom is -0.480 e. The average molecular weight is 304 g/mol. The first-order chi connectivity index (χ1) is 9.40. The normalized spacial score (nSPS) is 13.8. The van der Waals surface area contributed by atoms with Crippen molar-refractivity contribution in [2.75, 3.05) is 6.54 Å². The predicted octanol–water partition coefficient (Wildman–Crippen LogP) is 0.896. The molecule has 0 radical (unpaired) electrons. The molecule has 0 fully saturated rings. The van der Waals surface area contributed by atoms with Crippen molar-refractivity contribution >= 4 is 23.5 Å². The Morgan fingerprint density at radius 2 is 2.25 bits per heavy atom. The number of aliphatic carboxylic acids is 1. The molecule has 0 aromatic carbocycles. The molecule has 6 nitrogen and oxygen atoms in total. The van der Waals surface area contributed by atoms with Crippen molar-refractivity contribution in [3.8, 4) is 0 Å². The summed E-state index contributed by atoms with van der Waals surface area (Å²) < 4.78 is 13.9. The quantitative estimate of drug-likeness (QED) is 0.649. The van der Waals surface area contributed by atoms with E-state index < -0.39 is 34.8 Å². The molecule has 8 heteroatoms. The molecule has 4 N–H and O–H groups in total. The van der Waals surface area contributed by atoms with E-state index in [2.05, 4.69) is 10.3 Å². The molecular weight excluding hydrogens is 289 g/mol. The third-order valence-electron chi connectivity index (χ3n) is 2.73. The number of hydrogen-bond acceptors (Lipinski definition) is 4. The van der Waals surface area contributed by atoms with E-state index in [-0.39, 0.29) is 5.56 Å². The second kappa shape index (κ2) is 7.16. The summed E-state index contributed by atoms with van der Waals surface area (Å²) in [4.78, 5) is 26.4. The summed E-state index contributed by atoms with van der Waals surface area (Å²) in [5, 5.41) is 11.4. The number of carbonyl (C=O) groups is 2. The van der Waals surface area contributed by atoms with Crippen LogP contribution in [0.1, 0.15) is 24.8 Å². The molecule has 0 bridgehead atoms. The minimum absolute atomic E-state index is 0.187. The fourth-order valence-electron chi connectivity index (χ4n) is 1.82. The van der Waals surface area contributed by atoms with Gasteiger partial charge in [-0.15, -0.1) is 0 Å². The van der Waals surface area contributed by atoms with Crippen LogP contribution in [0.4, 0.5) is 4.39 Å². The van der Waals surface area contributed by atoms with Crippen LogP contribution in [0.15, 0.2) is 12.3 Å². The molecular formula is C12H15ClFN3O3. The lowest BCUT2D eigenvalue weighted by Crippen LogP contribution is -2.47. The maximum atomic E-state index is 13.9. The van der Waals surface area contributed by atoms with Crippen molar-refractivity contribution in [3.63, 3.8) is 0 Å². The van der Waals surface area contributed by atoms with E-state index in [0.717, 1.165) is 0 Å². The van der Waals surface area contributed by atoms with Crippen molar-refractivity contribution < 1.29 is 19.1 Å². The molecule has 1 aromatic heterocycles. The summed E-state index contributed by atoms with van der Waals surface area (Å²) in [7, 11) is 0. The third-order valence-corrected chi connectivity index (χ3v) is 3.00. The molecule has 1 heterocycles. The Morgan fingerprint density at radius 3 is 2.75 bits per heavy atom. The molecule has 0 unspecified atom stereocenters. The lowest BCUT2D eigenvalue weighted by molar-refractivity contribution is -0.142. The van der Waals surface area contributed by atoms with Crippen molar-refractivity contribution in [2.24, 2.45) is 5.73 Å². The van der Waals surface area contributed by atoms with Gasteiger partial charge in [0.25, 0.3) is 0 Å². The van der Waals surface area contributed by atoms with Gasteiger partial charge in [0.15, 0.2) is 11.0 Å². The number of carbonyl (C=O) groups excluding carboxylic acids is 1. The molecule has 0 aliphatic heterocycles. The third kappa shape index (κ3) is 3.64. The number of nitrogens with zero attached hydrogens (tertiary/aromatic N) is 1. The van der Waals surface area contributed by atoms with Gasteiger partial charge in [-0.05, 0) is 19.0 Å². The molecule has 1 amide bonds. The van der Waals surface area contributed by atoms with Crippen LogP contribution >= 0.6 is 11.6 Å². The Morgan fingerprint density at radius 1 is 1.60 bits per heavy atom. The standard InChI is InChI=1S/C12H15ClFN3O3/c1-2-4-16-9(12(19)20)7(11(15)18)6-3-5-17-10(13)8(6)14/h3,5,7,9,16H,2,4H2,1H3,(H2,15,18)(H,19,20)/t7-,9+/m0/s1. The highest BCUT2D eigenvalue weighted by Gasteiger charge is 2.35. The number of nitrogens with two attached hydrogens (primary N) is 1. The fraction of sp³-hybridized carbons (Fsp3) is 0.417.